The zero-order valence-electron chi connectivity index (χ0n) is 15.1. The van der Waals surface area contributed by atoms with Crippen molar-refractivity contribution in [2.24, 2.45) is 13.0 Å². The maximum atomic E-state index is 12.5. The van der Waals surface area contributed by atoms with Gasteiger partial charge in [-0.15, -0.1) is 10.2 Å². The fourth-order valence-electron chi connectivity index (χ4n) is 3.02. The first-order chi connectivity index (χ1) is 12.5. The molecule has 140 valence electrons. The number of nitrogens with one attached hydrogen (secondary N) is 1. The predicted molar refractivity (Wildman–Crippen MR) is 95.4 cm³/mol. The Morgan fingerprint density at radius 1 is 1.38 bits per heavy atom. The Bertz CT molecular complexity index is 794. The molecule has 10 heteroatoms. The SMILES string of the molecule is COc1nn(C)cc1C(=O)NCC1CCN(C(=O)c2snnc2C)CC1. The van der Waals surface area contributed by atoms with Gasteiger partial charge in [0.2, 0.25) is 5.88 Å². The van der Waals surface area contributed by atoms with E-state index in [1.54, 1.807) is 24.9 Å². The molecule has 1 N–H and O–H groups in total. The number of methoxy groups -OCH3 is 1. The number of amides is 2. The van der Waals surface area contributed by atoms with Crippen LogP contribution in [0.1, 0.15) is 38.6 Å². The monoisotopic (exact) mass is 378 g/mol. The molecular formula is C16H22N6O3S. The van der Waals surface area contributed by atoms with Crippen LogP contribution in [0.2, 0.25) is 0 Å². The highest BCUT2D eigenvalue weighted by molar-refractivity contribution is 7.07. The van der Waals surface area contributed by atoms with Gasteiger partial charge in [0.15, 0.2) is 0 Å². The number of hydrogen-bond acceptors (Lipinski definition) is 7. The largest absolute Gasteiger partial charge is 0.479 e. The average molecular weight is 378 g/mol. The molecule has 0 unspecified atom stereocenters. The van der Waals surface area contributed by atoms with Gasteiger partial charge >= 0.3 is 0 Å². The van der Waals surface area contributed by atoms with E-state index in [0.29, 0.717) is 47.6 Å². The molecule has 2 aromatic rings. The minimum atomic E-state index is -0.195. The van der Waals surface area contributed by atoms with E-state index in [9.17, 15) is 9.59 Å². The zero-order chi connectivity index (χ0) is 18.7. The third-order valence-corrected chi connectivity index (χ3v) is 5.35. The summed E-state index contributed by atoms with van der Waals surface area (Å²) in [5.74, 6) is 0.463. The number of aromatic nitrogens is 4. The van der Waals surface area contributed by atoms with Gasteiger partial charge in [0.25, 0.3) is 11.8 Å². The normalized spacial score (nSPS) is 15.1. The molecule has 1 aliphatic heterocycles. The molecule has 0 spiro atoms. The first-order valence-corrected chi connectivity index (χ1v) is 9.21. The number of carbonyl (C=O) groups is 2. The van der Waals surface area contributed by atoms with E-state index in [1.807, 2.05) is 4.90 Å². The van der Waals surface area contributed by atoms with E-state index in [4.69, 9.17) is 4.74 Å². The summed E-state index contributed by atoms with van der Waals surface area (Å²) < 4.78 is 10.5. The number of likely N-dealkylation sites (tertiary alicyclic amines) is 1. The quantitative estimate of drug-likeness (QED) is 0.828. The number of nitrogens with zero attached hydrogens (tertiary/aromatic N) is 5. The van der Waals surface area contributed by atoms with Crippen molar-refractivity contribution in [1.82, 2.24) is 29.6 Å². The van der Waals surface area contributed by atoms with Crippen molar-refractivity contribution in [3.8, 4) is 5.88 Å². The minimum Gasteiger partial charge on any atom is -0.479 e. The van der Waals surface area contributed by atoms with Gasteiger partial charge in [0.1, 0.15) is 10.4 Å². The molecule has 1 aliphatic rings. The summed E-state index contributed by atoms with van der Waals surface area (Å²) in [6.07, 6.45) is 3.34. The molecule has 3 rings (SSSR count). The van der Waals surface area contributed by atoms with Gasteiger partial charge in [0.05, 0.1) is 12.8 Å². The van der Waals surface area contributed by atoms with Gasteiger partial charge in [-0.05, 0) is 37.2 Å². The first kappa shape index (κ1) is 18.3. The fraction of sp³-hybridized carbons (Fsp3) is 0.562. The van der Waals surface area contributed by atoms with E-state index in [-0.39, 0.29) is 11.8 Å². The van der Waals surface area contributed by atoms with Crippen molar-refractivity contribution < 1.29 is 14.3 Å². The second-order valence-corrected chi connectivity index (χ2v) is 7.11. The van der Waals surface area contributed by atoms with E-state index >= 15 is 0 Å². The van der Waals surface area contributed by atoms with Gasteiger partial charge in [-0.1, -0.05) is 4.49 Å². The molecule has 0 aromatic carbocycles. The Morgan fingerprint density at radius 2 is 2.12 bits per heavy atom. The average Bonchev–Trinajstić information content (AvgIpc) is 3.24. The van der Waals surface area contributed by atoms with Crippen LogP contribution >= 0.6 is 11.5 Å². The summed E-state index contributed by atoms with van der Waals surface area (Å²) in [7, 11) is 3.23. The molecule has 0 atom stereocenters. The number of aryl methyl sites for hydroxylation is 2. The molecule has 0 bridgehead atoms. The molecule has 1 fully saturated rings. The van der Waals surface area contributed by atoms with Crippen molar-refractivity contribution in [2.75, 3.05) is 26.7 Å². The molecule has 2 amide bonds. The first-order valence-electron chi connectivity index (χ1n) is 8.43. The second kappa shape index (κ2) is 7.81. The van der Waals surface area contributed by atoms with Crippen molar-refractivity contribution in [3.63, 3.8) is 0 Å². The van der Waals surface area contributed by atoms with Crippen LogP contribution < -0.4 is 10.1 Å². The zero-order valence-corrected chi connectivity index (χ0v) is 15.9. The summed E-state index contributed by atoms with van der Waals surface area (Å²) in [4.78, 5) is 27.2. The molecule has 9 nitrogen and oxygen atoms in total. The van der Waals surface area contributed by atoms with Gasteiger partial charge in [-0.25, -0.2) is 0 Å². The van der Waals surface area contributed by atoms with Crippen LogP contribution in [-0.2, 0) is 7.05 Å². The molecule has 0 saturated carbocycles. The number of ether oxygens (including phenoxy) is 1. The topological polar surface area (TPSA) is 102 Å². The summed E-state index contributed by atoms with van der Waals surface area (Å²) in [5, 5.41) is 10.9. The molecule has 0 radical (unpaired) electrons. The van der Waals surface area contributed by atoms with Crippen LogP contribution in [0.5, 0.6) is 5.88 Å². The third-order valence-electron chi connectivity index (χ3n) is 4.53. The Labute approximate surface area is 155 Å². The van der Waals surface area contributed by atoms with E-state index in [0.717, 1.165) is 24.4 Å². The number of rotatable bonds is 5. The summed E-state index contributed by atoms with van der Waals surface area (Å²) >= 11 is 1.14. The molecular weight excluding hydrogens is 356 g/mol. The molecule has 2 aromatic heterocycles. The lowest BCUT2D eigenvalue weighted by Gasteiger charge is -2.31. The Kier molecular flexibility index (Phi) is 5.50. The standard InChI is InChI=1S/C16H22N6O3S/c1-10-13(26-20-18-10)16(24)22-6-4-11(5-7-22)8-17-14(23)12-9-21(2)19-15(12)25-3/h9,11H,4-8H2,1-3H3,(H,17,23). The minimum absolute atomic E-state index is 0.0000758. The smallest absolute Gasteiger partial charge is 0.267 e. The summed E-state index contributed by atoms with van der Waals surface area (Å²) in [6.45, 7) is 3.71. The van der Waals surface area contributed by atoms with Crippen LogP contribution in [0.3, 0.4) is 0 Å². The van der Waals surface area contributed by atoms with Gasteiger partial charge in [-0.3, -0.25) is 14.3 Å². The highest BCUT2D eigenvalue weighted by Gasteiger charge is 2.26. The van der Waals surface area contributed by atoms with Crippen LogP contribution in [-0.4, -0.2) is 62.8 Å². The third kappa shape index (κ3) is 3.85. The van der Waals surface area contributed by atoms with E-state index in [2.05, 4.69) is 20.0 Å². The lowest BCUT2D eigenvalue weighted by Crippen LogP contribution is -2.41. The summed E-state index contributed by atoms with van der Waals surface area (Å²) in [6, 6.07) is 0. The van der Waals surface area contributed by atoms with Crippen molar-refractivity contribution in [1.29, 1.82) is 0 Å². The van der Waals surface area contributed by atoms with E-state index < -0.39 is 0 Å². The van der Waals surface area contributed by atoms with E-state index in [1.165, 1.54) is 7.11 Å². The van der Waals surface area contributed by atoms with Gasteiger partial charge in [-0.2, -0.15) is 0 Å². The highest BCUT2D eigenvalue weighted by Crippen LogP contribution is 2.21. The lowest BCUT2D eigenvalue weighted by atomic mass is 9.96. The highest BCUT2D eigenvalue weighted by atomic mass is 32.1. The molecule has 0 aliphatic carbocycles. The maximum Gasteiger partial charge on any atom is 0.267 e. The van der Waals surface area contributed by atoms with Gasteiger partial charge in [0, 0.05) is 32.9 Å². The lowest BCUT2D eigenvalue weighted by molar-refractivity contribution is 0.0688. The molecule has 26 heavy (non-hydrogen) atoms. The molecule has 3 heterocycles. The van der Waals surface area contributed by atoms with Crippen molar-refractivity contribution >= 4 is 23.3 Å². The van der Waals surface area contributed by atoms with Crippen LogP contribution in [0, 0.1) is 12.8 Å². The second-order valence-electron chi connectivity index (χ2n) is 6.36. The maximum absolute atomic E-state index is 12.5. The van der Waals surface area contributed by atoms with Crippen LogP contribution in [0.15, 0.2) is 6.20 Å². The van der Waals surface area contributed by atoms with Gasteiger partial charge < -0.3 is 15.0 Å². The Balaban J connectivity index is 1.49. The Morgan fingerprint density at radius 3 is 2.73 bits per heavy atom. The number of hydrogen-bond donors (Lipinski definition) is 1. The van der Waals surface area contributed by atoms with Crippen molar-refractivity contribution in [2.45, 2.75) is 19.8 Å². The Hall–Kier alpha value is -2.49. The predicted octanol–water partition coefficient (Wildman–Crippen LogP) is 0.871. The number of piperidine rings is 1. The summed E-state index contributed by atoms with van der Waals surface area (Å²) in [5.41, 5.74) is 1.11. The number of carbonyl (C=O) groups excluding carboxylic acids is 2. The van der Waals surface area contributed by atoms with Crippen LogP contribution in [0.4, 0.5) is 0 Å². The van der Waals surface area contributed by atoms with Crippen LogP contribution in [0.25, 0.3) is 0 Å². The molecule has 1 saturated heterocycles. The van der Waals surface area contributed by atoms with Crippen molar-refractivity contribution in [3.05, 3.63) is 22.3 Å². The fourth-order valence-corrected chi connectivity index (χ4v) is 3.64.